The standard InChI is InChI=1S/C41H38O7/c1-43-26-48-37-22-21-33(31-14-9-18-36(46-4)40(31)37)41(42)32-15-10-16-34(44-2)30(32)20-19-28-23-29-13-8-17-35(45-3)39(29)38(24-28)47-25-27-11-6-5-7-12-27/h5-24,41-42H,25-26H2,1-4H3/b20-19+. The van der Waals surface area contributed by atoms with Crippen LogP contribution in [0.4, 0.5) is 0 Å². The first kappa shape index (κ1) is 32.4. The topological polar surface area (TPSA) is 75.6 Å². The molecule has 6 aromatic carbocycles. The smallest absolute Gasteiger partial charge is 0.188 e. The maximum absolute atomic E-state index is 12.0. The normalized spacial score (nSPS) is 11.9. The number of rotatable bonds is 13. The van der Waals surface area contributed by atoms with Crippen LogP contribution in [0.25, 0.3) is 33.7 Å². The van der Waals surface area contributed by atoms with Gasteiger partial charge in [-0.15, -0.1) is 0 Å². The van der Waals surface area contributed by atoms with Gasteiger partial charge in [0.25, 0.3) is 0 Å². The average molecular weight is 643 g/mol. The second-order valence-electron chi connectivity index (χ2n) is 11.1. The third-order valence-corrected chi connectivity index (χ3v) is 8.28. The number of ether oxygens (including phenoxy) is 6. The Kier molecular flexibility index (Phi) is 10.1. The molecular formula is C41H38O7. The van der Waals surface area contributed by atoms with Crippen LogP contribution in [0.3, 0.4) is 0 Å². The van der Waals surface area contributed by atoms with E-state index in [2.05, 4.69) is 6.07 Å². The Balaban J connectivity index is 1.42. The second-order valence-corrected chi connectivity index (χ2v) is 11.1. The van der Waals surface area contributed by atoms with Crippen molar-refractivity contribution >= 4 is 33.7 Å². The fraction of sp³-hybridized carbons (Fsp3) is 0.171. The van der Waals surface area contributed by atoms with Crippen molar-refractivity contribution in [1.29, 1.82) is 0 Å². The summed E-state index contributed by atoms with van der Waals surface area (Å²) in [5.74, 6) is 3.32. The van der Waals surface area contributed by atoms with Gasteiger partial charge in [-0.1, -0.05) is 84.9 Å². The lowest BCUT2D eigenvalue weighted by Crippen LogP contribution is -2.06. The Labute approximate surface area is 280 Å². The molecular weight excluding hydrogens is 604 g/mol. The number of methoxy groups -OCH3 is 4. The molecule has 0 amide bonds. The summed E-state index contributed by atoms with van der Waals surface area (Å²) >= 11 is 0. The van der Waals surface area contributed by atoms with Gasteiger partial charge in [-0.2, -0.15) is 0 Å². The van der Waals surface area contributed by atoms with Crippen molar-refractivity contribution in [1.82, 2.24) is 0 Å². The van der Waals surface area contributed by atoms with Crippen LogP contribution in [0, 0.1) is 0 Å². The van der Waals surface area contributed by atoms with Crippen molar-refractivity contribution in [3.8, 4) is 28.7 Å². The molecule has 1 unspecified atom stereocenters. The van der Waals surface area contributed by atoms with E-state index in [1.165, 1.54) is 0 Å². The van der Waals surface area contributed by atoms with E-state index in [9.17, 15) is 5.11 Å². The molecule has 0 saturated carbocycles. The molecule has 244 valence electrons. The molecule has 0 aliphatic carbocycles. The van der Waals surface area contributed by atoms with Gasteiger partial charge in [0.1, 0.15) is 41.5 Å². The summed E-state index contributed by atoms with van der Waals surface area (Å²) < 4.78 is 34.6. The zero-order valence-electron chi connectivity index (χ0n) is 27.4. The van der Waals surface area contributed by atoms with Crippen molar-refractivity contribution in [2.45, 2.75) is 12.7 Å². The third kappa shape index (κ3) is 6.65. The first-order valence-electron chi connectivity index (χ1n) is 15.6. The maximum atomic E-state index is 12.0. The summed E-state index contributed by atoms with van der Waals surface area (Å²) in [4.78, 5) is 0. The van der Waals surface area contributed by atoms with Gasteiger partial charge in [0, 0.05) is 12.7 Å². The fourth-order valence-electron chi connectivity index (χ4n) is 6.01. The zero-order chi connectivity index (χ0) is 33.5. The van der Waals surface area contributed by atoms with Gasteiger partial charge in [0.2, 0.25) is 0 Å². The first-order chi connectivity index (χ1) is 23.6. The van der Waals surface area contributed by atoms with Gasteiger partial charge in [-0.25, -0.2) is 0 Å². The predicted molar refractivity (Wildman–Crippen MR) is 190 cm³/mol. The van der Waals surface area contributed by atoms with Crippen LogP contribution < -0.4 is 23.7 Å². The highest BCUT2D eigenvalue weighted by Crippen LogP contribution is 2.42. The summed E-state index contributed by atoms with van der Waals surface area (Å²) in [6, 6.07) is 35.2. The molecule has 7 heteroatoms. The molecule has 1 atom stereocenters. The van der Waals surface area contributed by atoms with Crippen LogP contribution >= 0.6 is 0 Å². The summed E-state index contributed by atoms with van der Waals surface area (Å²) in [5, 5.41) is 15.5. The van der Waals surface area contributed by atoms with E-state index in [0.29, 0.717) is 40.7 Å². The van der Waals surface area contributed by atoms with Crippen LogP contribution in [0.1, 0.15) is 33.9 Å². The Bertz CT molecular complexity index is 2050. The molecule has 48 heavy (non-hydrogen) atoms. The van der Waals surface area contributed by atoms with Crippen molar-refractivity contribution in [3.05, 3.63) is 137 Å². The Morgan fingerprint density at radius 1 is 0.583 bits per heavy atom. The van der Waals surface area contributed by atoms with Gasteiger partial charge in [0.15, 0.2) is 6.79 Å². The minimum Gasteiger partial charge on any atom is -0.496 e. The maximum Gasteiger partial charge on any atom is 0.188 e. The quantitative estimate of drug-likeness (QED) is 0.0997. The predicted octanol–water partition coefficient (Wildman–Crippen LogP) is 8.83. The number of benzene rings is 6. The molecule has 0 saturated heterocycles. The van der Waals surface area contributed by atoms with E-state index in [1.54, 1.807) is 28.4 Å². The molecule has 0 aliphatic heterocycles. The van der Waals surface area contributed by atoms with Crippen molar-refractivity contribution in [3.63, 3.8) is 0 Å². The molecule has 0 radical (unpaired) electrons. The summed E-state index contributed by atoms with van der Waals surface area (Å²) in [6.07, 6.45) is 2.99. The Morgan fingerprint density at radius 3 is 2.04 bits per heavy atom. The highest BCUT2D eigenvalue weighted by molar-refractivity contribution is 5.97. The molecule has 1 N–H and O–H groups in total. The molecule has 0 fully saturated rings. The molecule has 7 nitrogen and oxygen atoms in total. The number of hydrogen-bond acceptors (Lipinski definition) is 7. The second kappa shape index (κ2) is 14.9. The van der Waals surface area contributed by atoms with E-state index in [4.69, 9.17) is 28.4 Å². The minimum atomic E-state index is -0.989. The van der Waals surface area contributed by atoms with E-state index < -0.39 is 6.10 Å². The molecule has 0 aromatic heterocycles. The van der Waals surface area contributed by atoms with E-state index >= 15 is 0 Å². The average Bonchev–Trinajstić information content (AvgIpc) is 3.14. The van der Waals surface area contributed by atoms with Crippen molar-refractivity contribution in [2.75, 3.05) is 35.2 Å². The molecule has 0 aliphatic rings. The van der Waals surface area contributed by atoms with Gasteiger partial charge in [-0.05, 0) is 69.4 Å². The lowest BCUT2D eigenvalue weighted by molar-refractivity contribution is 0.0521. The fourth-order valence-corrected chi connectivity index (χ4v) is 6.01. The molecule has 0 bridgehead atoms. The Morgan fingerprint density at radius 2 is 1.29 bits per heavy atom. The largest absolute Gasteiger partial charge is 0.496 e. The zero-order valence-corrected chi connectivity index (χ0v) is 27.4. The van der Waals surface area contributed by atoms with Crippen LogP contribution in [0.2, 0.25) is 0 Å². The van der Waals surface area contributed by atoms with Crippen LogP contribution in [-0.4, -0.2) is 40.3 Å². The lowest BCUT2D eigenvalue weighted by Gasteiger charge is -2.20. The van der Waals surface area contributed by atoms with E-state index in [0.717, 1.165) is 44.0 Å². The molecule has 6 rings (SSSR count). The van der Waals surface area contributed by atoms with Gasteiger partial charge < -0.3 is 33.5 Å². The summed E-state index contributed by atoms with van der Waals surface area (Å²) in [5.41, 5.74) is 4.12. The molecule has 0 spiro atoms. The SMILES string of the molecule is COCOc1ccc(C(O)c2cccc(OC)c2/C=C/c2cc(OCc3ccccc3)c3c(OC)cccc3c2)c2cccc(OC)c12. The van der Waals surface area contributed by atoms with E-state index in [1.807, 2.05) is 115 Å². The number of hydrogen-bond donors (Lipinski definition) is 1. The van der Waals surface area contributed by atoms with Gasteiger partial charge in [-0.3, -0.25) is 0 Å². The summed E-state index contributed by atoms with van der Waals surface area (Å²) in [6.45, 7) is 0.498. The number of fused-ring (bicyclic) bond motifs is 2. The number of aliphatic hydroxyl groups excluding tert-OH is 1. The number of aliphatic hydroxyl groups is 1. The summed E-state index contributed by atoms with van der Waals surface area (Å²) in [7, 11) is 6.48. The van der Waals surface area contributed by atoms with Gasteiger partial charge in [0.05, 0.1) is 32.1 Å². The molecule has 0 heterocycles. The van der Waals surface area contributed by atoms with Crippen LogP contribution in [0.15, 0.2) is 109 Å². The Hall–Kier alpha value is -5.50. The highest BCUT2D eigenvalue weighted by atomic mass is 16.7. The van der Waals surface area contributed by atoms with E-state index in [-0.39, 0.29) is 6.79 Å². The first-order valence-corrected chi connectivity index (χ1v) is 15.6. The highest BCUT2D eigenvalue weighted by Gasteiger charge is 2.22. The third-order valence-electron chi connectivity index (χ3n) is 8.28. The monoisotopic (exact) mass is 642 g/mol. The van der Waals surface area contributed by atoms with Crippen LogP contribution in [0.5, 0.6) is 28.7 Å². The minimum absolute atomic E-state index is 0.0838. The van der Waals surface area contributed by atoms with Crippen LogP contribution in [-0.2, 0) is 11.3 Å². The van der Waals surface area contributed by atoms with Crippen molar-refractivity contribution in [2.24, 2.45) is 0 Å². The van der Waals surface area contributed by atoms with Gasteiger partial charge >= 0.3 is 0 Å². The lowest BCUT2D eigenvalue weighted by atomic mass is 9.91. The van der Waals surface area contributed by atoms with Crippen molar-refractivity contribution < 1.29 is 33.5 Å². The molecule has 6 aromatic rings.